The average molecular weight is 430 g/mol. The first-order valence-electron chi connectivity index (χ1n) is 10.9. The molecule has 0 radical (unpaired) electrons. The Hall–Kier alpha value is -2.54. The van der Waals surface area contributed by atoms with Gasteiger partial charge in [0, 0.05) is 27.7 Å². The molecule has 31 heavy (non-hydrogen) atoms. The molecule has 1 saturated heterocycles. The molecule has 6 rings (SSSR count). The smallest absolute Gasteiger partial charge is 0.446 e. The number of para-hydroxylation sites is 1. The van der Waals surface area contributed by atoms with Gasteiger partial charge in [0.05, 0.1) is 5.52 Å². The molecule has 1 aromatic heterocycles. The zero-order chi connectivity index (χ0) is 21.8. The maximum absolute atomic E-state index is 10.9. The van der Waals surface area contributed by atoms with Crippen LogP contribution in [0.4, 0.5) is 13.2 Å². The highest BCUT2D eigenvalue weighted by atomic mass is 19.4. The molecular formula is C24H25F3N2O2. The van der Waals surface area contributed by atoms with Gasteiger partial charge in [0.15, 0.2) is 0 Å². The van der Waals surface area contributed by atoms with E-state index in [1.54, 1.807) is 0 Å². The maximum atomic E-state index is 10.9. The standard InChI is InChI=1S/C22H24N2O.C2HF3O/c25-19-12-16-14(20-13-5-1-2-7-17(13)24-21(19)20)11-18-15-6-3-4-8-22(15,16)9-10-23-18;3-2(4,5)1-6/h1-2,5,7,12,15,18,23-25H,3-4,6,8-11H2;1H/t15-,18+,22+;/m1./s1. The number of H-pyrrole nitrogens is 1. The number of alkyl halides is 3. The Bertz CT molecular complexity index is 1150. The number of aromatic nitrogens is 1. The van der Waals surface area contributed by atoms with Gasteiger partial charge in [-0.15, -0.1) is 0 Å². The number of hydrogen-bond acceptors (Lipinski definition) is 3. The molecule has 164 valence electrons. The fourth-order valence-corrected chi connectivity index (χ4v) is 6.42. The lowest BCUT2D eigenvalue weighted by molar-refractivity contribution is -0.156. The van der Waals surface area contributed by atoms with E-state index in [2.05, 4.69) is 40.6 Å². The van der Waals surface area contributed by atoms with Crippen LogP contribution in [0.1, 0.15) is 43.2 Å². The molecule has 0 spiro atoms. The van der Waals surface area contributed by atoms with E-state index in [-0.39, 0.29) is 5.41 Å². The van der Waals surface area contributed by atoms with E-state index in [1.807, 2.05) is 0 Å². The van der Waals surface area contributed by atoms with Gasteiger partial charge in [0.1, 0.15) is 5.75 Å². The lowest BCUT2D eigenvalue weighted by Crippen LogP contribution is -2.59. The summed E-state index contributed by atoms with van der Waals surface area (Å²) in [7, 11) is 0. The minimum Gasteiger partial charge on any atom is -0.506 e. The first kappa shape index (κ1) is 20.4. The van der Waals surface area contributed by atoms with E-state index in [0.29, 0.717) is 11.8 Å². The fourth-order valence-electron chi connectivity index (χ4n) is 6.42. The number of fused-ring (bicyclic) bond motifs is 5. The highest BCUT2D eigenvalue weighted by Crippen LogP contribution is 2.56. The number of aromatic amines is 1. The number of aromatic hydroxyl groups is 1. The minimum absolute atomic E-state index is 0.284. The molecule has 2 aromatic carbocycles. The van der Waals surface area contributed by atoms with Gasteiger partial charge in [-0.3, -0.25) is 4.79 Å². The van der Waals surface area contributed by atoms with Crippen LogP contribution in [-0.2, 0) is 16.6 Å². The lowest BCUT2D eigenvalue weighted by Gasteiger charge is -2.56. The molecule has 2 bridgehead atoms. The molecule has 3 aromatic rings. The first-order chi connectivity index (χ1) is 14.8. The van der Waals surface area contributed by atoms with Crippen molar-refractivity contribution < 1.29 is 23.1 Å². The second-order valence-electron chi connectivity index (χ2n) is 9.03. The maximum Gasteiger partial charge on any atom is 0.446 e. The van der Waals surface area contributed by atoms with Crippen LogP contribution >= 0.6 is 0 Å². The monoisotopic (exact) mass is 430 g/mol. The molecule has 2 heterocycles. The summed E-state index contributed by atoms with van der Waals surface area (Å²) in [5, 5.41) is 17.2. The van der Waals surface area contributed by atoms with Gasteiger partial charge in [-0.1, -0.05) is 31.0 Å². The van der Waals surface area contributed by atoms with Crippen molar-refractivity contribution in [3.05, 3.63) is 41.5 Å². The molecule has 7 heteroatoms. The molecule has 0 unspecified atom stereocenters. The van der Waals surface area contributed by atoms with Crippen molar-refractivity contribution in [3.63, 3.8) is 0 Å². The van der Waals surface area contributed by atoms with Crippen molar-refractivity contribution in [3.8, 4) is 5.75 Å². The van der Waals surface area contributed by atoms with E-state index in [9.17, 15) is 18.3 Å². The van der Waals surface area contributed by atoms with Crippen LogP contribution in [0.2, 0.25) is 0 Å². The van der Waals surface area contributed by atoms with Crippen LogP contribution in [-0.4, -0.2) is 35.1 Å². The predicted molar refractivity (Wildman–Crippen MR) is 113 cm³/mol. The van der Waals surface area contributed by atoms with Gasteiger partial charge < -0.3 is 15.4 Å². The molecular weight excluding hydrogens is 405 g/mol. The van der Waals surface area contributed by atoms with Gasteiger partial charge in [0.2, 0.25) is 6.29 Å². The summed E-state index contributed by atoms with van der Waals surface area (Å²) in [5.74, 6) is 1.17. The second-order valence-corrected chi connectivity index (χ2v) is 9.03. The Balaban J connectivity index is 0.000000303. The molecule has 3 atom stereocenters. The number of halogens is 3. The quantitative estimate of drug-likeness (QED) is 0.434. The number of rotatable bonds is 0. The van der Waals surface area contributed by atoms with E-state index in [0.717, 1.165) is 29.9 Å². The average Bonchev–Trinajstić information content (AvgIpc) is 3.15. The first-order valence-corrected chi connectivity index (χ1v) is 10.9. The van der Waals surface area contributed by atoms with E-state index in [4.69, 9.17) is 4.79 Å². The largest absolute Gasteiger partial charge is 0.506 e. The predicted octanol–water partition coefficient (Wildman–Crippen LogP) is 5.12. The van der Waals surface area contributed by atoms with E-state index in [1.165, 1.54) is 54.0 Å². The van der Waals surface area contributed by atoms with Crippen LogP contribution in [0, 0.1) is 5.92 Å². The highest BCUT2D eigenvalue weighted by molar-refractivity contribution is 6.11. The normalized spacial score (nSPS) is 27.2. The number of phenolic OH excluding ortho intramolecular Hbond substituents is 1. The summed E-state index contributed by atoms with van der Waals surface area (Å²) in [5.41, 5.74) is 5.28. The third-order valence-electron chi connectivity index (χ3n) is 7.53. The van der Waals surface area contributed by atoms with Crippen molar-refractivity contribution in [1.29, 1.82) is 0 Å². The zero-order valence-electron chi connectivity index (χ0n) is 17.1. The number of carbonyl (C=O) groups excluding carboxylic acids is 1. The number of nitrogens with one attached hydrogen (secondary N) is 2. The fraction of sp³-hybridized carbons (Fsp3) is 0.458. The third kappa shape index (κ3) is 3.21. The van der Waals surface area contributed by atoms with Crippen LogP contribution < -0.4 is 5.32 Å². The van der Waals surface area contributed by atoms with E-state index >= 15 is 0 Å². The number of hydrogen-bond donors (Lipinski definition) is 3. The van der Waals surface area contributed by atoms with Crippen LogP contribution in [0.3, 0.4) is 0 Å². The molecule has 3 N–H and O–H groups in total. The Morgan fingerprint density at radius 2 is 1.94 bits per heavy atom. The van der Waals surface area contributed by atoms with Crippen molar-refractivity contribution >= 4 is 28.1 Å². The molecule has 4 nitrogen and oxygen atoms in total. The Labute approximate surface area is 177 Å². The van der Waals surface area contributed by atoms with Gasteiger partial charge in [-0.25, -0.2) is 0 Å². The number of benzene rings is 2. The molecule has 1 saturated carbocycles. The SMILES string of the molecule is O=CC(F)(F)F.Oc1cc2c(c3c1[nH]c1ccccc13)C[C@@H]1NCC[C@]23CCCC[C@H]13. The lowest BCUT2D eigenvalue weighted by atomic mass is 9.52. The van der Waals surface area contributed by atoms with Crippen LogP contribution in [0.25, 0.3) is 21.8 Å². The van der Waals surface area contributed by atoms with Crippen LogP contribution in [0.5, 0.6) is 5.75 Å². The van der Waals surface area contributed by atoms with Crippen molar-refractivity contribution in [2.24, 2.45) is 5.92 Å². The zero-order valence-corrected chi connectivity index (χ0v) is 17.1. The van der Waals surface area contributed by atoms with Gasteiger partial charge in [-0.05, 0) is 61.4 Å². The summed E-state index contributed by atoms with van der Waals surface area (Å²) in [6.45, 7) is 1.12. The van der Waals surface area contributed by atoms with Gasteiger partial charge >= 0.3 is 6.18 Å². The van der Waals surface area contributed by atoms with Crippen molar-refractivity contribution in [1.82, 2.24) is 10.3 Å². The Kier molecular flexibility index (Phi) is 4.77. The summed E-state index contributed by atoms with van der Waals surface area (Å²) in [4.78, 5) is 12.2. The summed E-state index contributed by atoms with van der Waals surface area (Å²) >= 11 is 0. The topological polar surface area (TPSA) is 65.1 Å². The summed E-state index contributed by atoms with van der Waals surface area (Å²) in [6, 6.07) is 11.2. The number of aldehydes is 1. The minimum atomic E-state index is -4.64. The molecule has 1 aliphatic heterocycles. The number of carbonyl (C=O) groups is 1. The summed E-state index contributed by atoms with van der Waals surface area (Å²) < 4.78 is 31.2. The Morgan fingerprint density at radius 1 is 1.16 bits per heavy atom. The second kappa shape index (κ2) is 7.26. The molecule has 2 fully saturated rings. The summed E-state index contributed by atoms with van der Waals surface area (Å²) in [6.07, 6.45) is 1.93. The number of phenols is 1. The Morgan fingerprint density at radius 3 is 2.71 bits per heavy atom. The van der Waals surface area contributed by atoms with Crippen molar-refractivity contribution in [2.45, 2.75) is 56.2 Å². The molecule has 3 aliphatic rings. The third-order valence-corrected chi connectivity index (χ3v) is 7.53. The number of piperidine rings is 1. The van der Waals surface area contributed by atoms with Gasteiger partial charge in [-0.2, -0.15) is 13.2 Å². The highest BCUT2D eigenvalue weighted by Gasteiger charge is 2.52. The van der Waals surface area contributed by atoms with Crippen molar-refractivity contribution in [2.75, 3.05) is 6.54 Å². The molecule has 0 amide bonds. The van der Waals surface area contributed by atoms with Gasteiger partial charge in [0.25, 0.3) is 0 Å². The molecule has 2 aliphatic carbocycles. The van der Waals surface area contributed by atoms with Crippen LogP contribution in [0.15, 0.2) is 30.3 Å². The van der Waals surface area contributed by atoms with E-state index < -0.39 is 12.5 Å².